The zero-order chi connectivity index (χ0) is 27.2. The van der Waals surface area contributed by atoms with Crippen LogP contribution in [0.3, 0.4) is 0 Å². The van der Waals surface area contributed by atoms with Crippen LogP contribution in [-0.2, 0) is 9.47 Å². The number of aromatic nitrogens is 3. The predicted molar refractivity (Wildman–Crippen MR) is 148 cm³/mol. The quantitative estimate of drug-likeness (QED) is 0.160. The molecule has 2 aromatic carbocycles. The van der Waals surface area contributed by atoms with Gasteiger partial charge in [0.2, 0.25) is 17.8 Å². The summed E-state index contributed by atoms with van der Waals surface area (Å²) in [5.74, 6) is 0.385. The van der Waals surface area contributed by atoms with Crippen molar-refractivity contribution in [3.63, 3.8) is 0 Å². The maximum Gasteiger partial charge on any atom is 0.338 e. The Morgan fingerprint density at radius 2 is 1.05 bits per heavy atom. The zero-order valence-corrected chi connectivity index (χ0v) is 22.3. The first kappa shape index (κ1) is 28.4. The van der Waals surface area contributed by atoms with Gasteiger partial charge in [0.15, 0.2) is 0 Å². The minimum absolute atomic E-state index is 0.329. The lowest BCUT2D eigenvalue weighted by molar-refractivity contribution is 0.0490. The molecule has 0 aliphatic heterocycles. The second kappa shape index (κ2) is 15.1. The molecule has 3 rings (SSSR count). The Hall–Kier alpha value is -4.21. The van der Waals surface area contributed by atoms with Gasteiger partial charge >= 0.3 is 11.9 Å². The molecule has 3 aromatic rings. The summed E-state index contributed by atoms with van der Waals surface area (Å²) in [4.78, 5) is 37.7. The van der Waals surface area contributed by atoms with E-state index in [-0.39, 0.29) is 11.9 Å². The number of benzene rings is 2. The topological polar surface area (TPSA) is 127 Å². The monoisotopic (exact) mass is 520 g/mol. The first-order valence-electron chi connectivity index (χ1n) is 13.1. The van der Waals surface area contributed by atoms with E-state index >= 15 is 0 Å². The third-order valence-electron chi connectivity index (χ3n) is 5.38. The van der Waals surface area contributed by atoms with Crippen molar-refractivity contribution < 1.29 is 19.1 Å². The lowest BCUT2D eigenvalue weighted by Crippen LogP contribution is -2.10. The standard InChI is InChI=1S/C28H36N6O4/c1-4-7-18-37-24(35)20-9-13-22(14-10-20)30-27-32-26(29-17-6-3)33-28(34-27)31-23-15-11-21(12-16-23)25(36)38-19-8-5-2/h9-16H,4-8,17-19H2,1-3H3,(H3,29,30,31,32,33,34). The predicted octanol–water partition coefficient (Wildman–Crippen LogP) is 6.09. The number of rotatable bonds is 15. The molecule has 0 unspecified atom stereocenters. The number of ether oxygens (including phenoxy) is 2. The fraction of sp³-hybridized carbons (Fsp3) is 0.393. The molecule has 10 nitrogen and oxygen atoms in total. The summed E-state index contributed by atoms with van der Waals surface area (Å²) >= 11 is 0. The Bertz CT molecular complexity index is 1080. The van der Waals surface area contributed by atoms with E-state index in [4.69, 9.17) is 9.47 Å². The molecule has 0 fully saturated rings. The first-order valence-corrected chi connectivity index (χ1v) is 13.1. The van der Waals surface area contributed by atoms with Crippen LogP contribution in [0.2, 0.25) is 0 Å². The van der Waals surface area contributed by atoms with Crippen molar-refractivity contribution in [1.82, 2.24) is 15.0 Å². The maximum atomic E-state index is 12.2. The zero-order valence-electron chi connectivity index (χ0n) is 22.3. The Labute approximate surface area is 223 Å². The Morgan fingerprint density at radius 3 is 1.45 bits per heavy atom. The third-order valence-corrected chi connectivity index (χ3v) is 5.38. The molecule has 10 heteroatoms. The van der Waals surface area contributed by atoms with Crippen LogP contribution in [-0.4, -0.2) is 46.6 Å². The average molecular weight is 521 g/mol. The Kier molecular flexibility index (Phi) is 11.3. The van der Waals surface area contributed by atoms with Crippen LogP contribution in [0.4, 0.5) is 29.2 Å². The molecule has 0 radical (unpaired) electrons. The van der Waals surface area contributed by atoms with Gasteiger partial charge in [-0.2, -0.15) is 15.0 Å². The highest BCUT2D eigenvalue weighted by atomic mass is 16.5. The van der Waals surface area contributed by atoms with E-state index in [1.54, 1.807) is 48.5 Å². The summed E-state index contributed by atoms with van der Waals surface area (Å²) in [6.07, 6.45) is 4.51. The molecule has 1 aromatic heterocycles. The van der Waals surface area contributed by atoms with Crippen LogP contribution in [0.5, 0.6) is 0 Å². The molecule has 0 spiro atoms. The van der Waals surface area contributed by atoms with E-state index in [1.165, 1.54) is 0 Å². The molecule has 38 heavy (non-hydrogen) atoms. The largest absolute Gasteiger partial charge is 0.462 e. The molecule has 0 bridgehead atoms. The van der Waals surface area contributed by atoms with Crippen LogP contribution in [0.15, 0.2) is 48.5 Å². The van der Waals surface area contributed by atoms with E-state index in [1.807, 2.05) is 13.8 Å². The van der Waals surface area contributed by atoms with E-state index in [9.17, 15) is 9.59 Å². The van der Waals surface area contributed by atoms with Crippen LogP contribution < -0.4 is 16.0 Å². The lowest BCUT2D eigenvalue weighted by Gasteiger charge is -2.12. The van der Waals surface area contributed by atoms with Crippen molar-refractivity contribution >= 4 is 41.2 Å². The van der Waals surface area contributed by atoms with Gasteiger partial charge in [-0.3, -0.25) is 0 Å². The number of hydrogen-bond donors (Lipinski definition) is 3. The molecule has 202 valence electrons. The molecule has 0 aliphatic carbocycles. The van der Waals surface area contributed by atoms with Gasteiger partial charge in [-0.05, 0) is 67.8 Å². The van der Waals surface area contributed by atoms with Crippen molar-refractivity contribution in [3.8, 4) is 0 Å². The highest BCUT2D eigenvalue weighted by Gasteiger charge is 2.11. The first-order chi connectivity index (χ1) is 18.5. The fourth-order valence-electron chi connectivity index (χ4n) is 3.23. The van der Waals surface area contributed by atoms with E-state index < -0.39 is 0 Å². The molecule has 3 N–H and O–H groups in total. The van der Waals surface area contributed by atoms with Gasteiger partial charge in [0, 0.05) is 17.9 Å². The van der Waals surface area contributed by atoms with E-state index in [0.29, 0.717) is 60.1 Å². The smallest absolute Gasteiger partial charge is 0.338 e. The van der Waals surface area contributed by atoms with Gasteiger partial charge in [0.1, 0.15) is 0 Å². The van der Waals surface area contributed by atoms with Gasteiger partial charge in [-0.1, -0.05) is 33.6 Å². The summed E-state index contributed by atoms with van der Waals surface area (Å²) in [7, 11) is 0. The molecule has 0 aliphatic rings. The van der Waals surface area contributed by atoms with Crippen molar-refractivity contribution in [2.24, 2.45) is 0 Å². The Balaban J connectivity index is 1.70. The summed E-state index contributed by atoms with van der Waals surface area (Å²) in [5.41, 5.74) is 2.37. The molecular formula is C28H36N6O4. The van der Waals surface area contributed by atoms with Crippen LogP contribution in [0.1, 0.15) is 73.6 Å². The normalized spacial score (nSPS) is 10.5. The van der Waals surface area contributed by atoms with Gasteiger partial charge in [-0.25, -0.2) is 9.59 Å². The number of anilines is 5. The number of nitrogens with zero attached hydrogens (tertiary/aromatic N) is 3. The number of hydrogen-bond acceptors (Lipinski definition) is 10. The molecule has 0 amide bonds. The minimum Gasteiger partial charge on any atom is -0.462 e. The molecular weight excluding hydrogens is 484 g/mol. The minimum atomic E-state index is -0.345. The second-order valence-corrected chi connectivity index (χ2v) is 8.62. The van der Waals surface area contributed by atoms with Crippen LogP contribution >= 0.6 is 0 Å². The number of carbonyl (C=O) groups is 2. The van der Waals surface area contributed by atoms with Crippen molar-refractivity contribution in [2.75, 3.05) is 35.7 Å². The highest BCUT2D eigenvalue weighted by molar-refractivity contribution is 5.90. The number of nitrogens with one attached hydrogen (secondary N) is 3. The maximum absolute atomic E-state index is 12.2. The summed E-state index contributed by atoms with van der Waals surface area (Å²) in [5, 5.41) is 9.50. The van der Waals surface area contributed by atoms with Gasteiger partial charge in [-0.15, -0.1) is 0 Å². The van der Waals surface area contributed by atoms with Crippen molar-refractivity contribution in [3.05, 3.63) is 59.7 Å². The fourth-order valence-corrected chi connectivity index (χ4v) is 3.23. The van der Waals surface area contributed by atoms with Crippen molar-refractivity contribution in [1.29, 1.82) is 0 Å². The van der Waals surface area contributed by atoms with E-state index in [2.05, 4.69) is 37.8 Å². The second-order valence-electron chi connectivity index (χ2n) is 8.62. The highest BCUT2D eigenvalue weighted by Crippen LogP contribution is 2.20. The van der Waals surface area contributed by atoms with Gasteiger partial charge in [0.05, 0.1) is 24.3 Å². The molecule has 0 saturated carbocycles. The van der Waals surface area contributed by atoms with Crippen molar-refractivity contribution in [2.45, 2.75) is 52.9 Å². The molecule has 1 heterocycles. The van der Waals surface area contributed by atoms with E-state index in [0.717, 1.165) is 32.1 Å². The lowest BCUT2D eigenvalue weighted by atomic mass is 10.2. The molecule has 0 atom stereocenters. The number of unbranched alkanes of at least 4 members (excludes halogenated alkanes) is 2. The van der Waals surface area contributed by atoms with Gasteiger partial charge in [0.25, 0.3) is 0 Å². The summed E-state index contributed by atoms with van der Waals surface area (Å²) in [6, 6.07) is 13.9. The number of esters is 2. The SMILES string of the molecule is CCCCOC(=O)c1ccc(Nc2nc(NCCC)nc(Nc3ccc(C(=O)OCCCC)cc3)n2)cc1. The van der Waals surface area contributed by atoms with Crippen LogP contribution in [0, 0.1) is 0 Å². The van der Waals surface area contributed by atoms with Gasteiger partial charge < -0.3 is 25.4 Å². The molecule has 0 saturated heterocycles. The Morgan fingerprint density at radius 1 is 0.632 bits per heavy atom. The number of carbonyl (C=O) groups excluding carboxylic acids is 2. The third kappa shape index (κ3) is 9.02. The summed E-state index contributed by atoms with van der Waals surface area (Å²) < 4.78 is 10.5. The average Bonchev–Trinajstić information content (AvgIpc) is 2.93. The van der Waals surface area contributed by atoms with Crippen LogP contribution in [0.25, 0.3) is 0 Å². The summed E-state index contributed by atoms with van der Waals surface area (Å²) in [6.45, 7) is 7.67.